The number of rotatable bonds is 4. The first-order valence-electron chi connectivity index (χ1n) is 7.14. The number of benzene rings is 2. The molecule has 3 rings (SSSR count). The molecule has 0 fully saturated rings. The van der Waals surface area contributed by atoms with Crippen LogP contribution in [0, 0.1) is 6.92 Å². The van der Waals surface area contributed by atoms with E-state index in [0.717, 1.165) is 17.2 Å². The van der Waals surface area contributed by atoms with Crippen molar-refractivity contribution in [1.29, 1.82) is 0 Å². The van der Waals surface area contributed by atoms with E-state index in [0.29, 0.717) is 0 Å². The zero-order valence-corrected chi connectivity index (χ0v) is 14.2. The van der Waals surface area contributed by atoms with Gasteiger partial charge in [0.25, 0.3) is 0 Å². The lowest BCUT2D eigenvalue weighted by Gasteiger charge is -2.04. The molecule has 0 aliphatic heterocycles. The van der Waals surface area contributed by atoms with Crippen LogP contribution in [0.2, 0.25) is 5.02 Å². The maximum atomic E-state index is 6.30. The average Bonchev–Trinajstić information content (AvgIpc) is 2.99. The minimum atomic E-state index is 0.835. The van der Waals surface area contributed by atoms with Crippen LogP contribution < -0.4 is 4.74 Å². The van der Waals surface area contributed by atoms with E-state index in [4.69, 9.17) is 16.3 Å². The molecule has 0 saturated carbocycles. The van der Waals surface area contributed by atoms with Gasteiger partial charge in [0.05, 0.1) is 7.11 Å². The molecule has 0 aliphatic rings. The molecule has 0 radical (unpaired) electrons. The van der Waals surface area contributed by atoms with Crippen LogP contribution in [0.1, 0.15) is 16.0 Å². The first kappa shape index (κ1) is 15.1. The van der Waals surface area contributed by atoms with Crippen molar-refractivity contribution in [1.82, 2.24) is 0 Å². The highest BCUT2D eigenvalue weighted by Gasteiger charge is 2.07. The standard InChI is InChI=1S/C19H17ClOS/c1-13-6-8-18(20)15(10-13)12-17-7-9-19(22-17)14-4-3-5-16(11-14)21-2/h3-11H,12H2,1-2H3. The molecule has 0 amide bonds. The van der Waals surface area contributed by atoms with Gasteiger partial charge in [0.1, 0.15) is 5.75 Å². The van der Waals surface area contributed by atoms with E-state index in [1.165, 1.54) is 26.4 Å². The van der Waals surface area contributed by atoms with Gasteiger partial charge in [-0.2, -0.15) is 0 Å². The van der Waals surface area contributed by atoms with Crippen LogP contribution in [0.4, 0.5) is 0 Å². The van der Waals surface area contributed by atoms with E-state index < -0.39 is 0 Å². The number of ether oxygens (including phenoxy) is 1. The third kappa shape index (κ3) is 3.34. The van der Waals surface area contributed by atoms with E-state index in [1.54, 1.807) is 18.4 Å². The van der Waals surface area contributed by atoms with Crippen molar-refractivity contribution in [3.05, 3.63) is 75.6 Å². The van der Waals surface area contributed by atoms with Crippen LogP contribution in [0.3, 0.4) is 0 Å². The fraction of sp³-hybridized carbons (Fsp3) is 0.158. The molecule has 0 bridgehead atoms. The molecule has 0 atom stereocenters. The van der Waals surface area contributed by atoms with Crippen LogP contribution in [-0.2, 0) is 6.42 Å². The minimum absolute atomic E-state index is 0.835. The summed E-state index contributed by atoms with van der Waals surface area (Å²) in [5.41, 5.74) is 3.61. The van der Waals surface area contributed by atoms with Crippen molar-refractivity contribution in [2.75, 3.05) is 7.11 Å². The van der Waals surface area contributed by atoms with Gasteiger partial charge in [-0.25, -0.2) is 0 Å². The summed E-state index contributed by atoms with van der Waals surface area (Å²) in [6.07, 6.45) is 0.870. The summed E-state index contributed by atoms with van der Waals surface area (Å²) in [6, 6.07) is 18.7. The smallest absolute Gasteiger partial charge is 0.119 e. The summed E-state index contributed by atoms with van der Waals surface area (Å²) in [6.45, 7) is 2.09. The third-order valence-electron chi connectivity index (χ3n) is 3.58. The van der Waals surface area contributed by atoms with E-state index in [1.807, 2.05) is 24.3 Å². The Morgan fingerprint density at radius 3 is 2.73 bits per heavy atom. The molecule has 1 heterocycles. The SMILES string of the molecule is COc1cccc(-c2ccc(Cc3cc(C)ccc3Cl)s2)c1. The second-order valence-electron chi connectivity index (χ2n) is 5.27. The Labute approximate surface area is 140 Å². The summed E-state index contributed by atoms with van der Waals surface area (Å²) >= 11 is 8.10. The molecule has 3 aromatic rings. The van der Waals surface area contributed by atoms with Gasteiger partial charge in [0.15, 0.2) is 0 Å². The topological polar surface area (TPSA) is 9.23 Å². The second-order valence-corrected chi connectivity index (χ2v) is 6.85. The maximum absolute atomic E-state index is 6.30. The third-order valence-corrected chi connectivity index (χ3v) is 5.08. The first-order chi connectivity index (χ1) is 10.7. The predicted octanol–water partition coefficient (Wildman–Crippen LogP) is 5.98. The van der Waals surface area contributed by atoms with Crippen LogP contribution in [-0.4, -0.2) is 7.11 Å². The first-order valence-corrected chi connectivity index (χ1v) is 8.33. The highest BCUT2D eigenvalue weighted by atomic mass is 35.5. The molecule has 0 spiro atoms. The van der Waals surface area contributed by atoms with Crippen molar-refractivity contribution in [3.63, 3.8) is 0 Å². The summed E-state index contributed by atoms with van der Waals surface area (Å²) in [4.78, 5) is 2.56. The number of thiophene rings is 1. The molecule has 0 aliphatic carbocycles. The number of hydrogen-bond acceptors (Lipinski definition) is 2. The number of halogens is 1. The van der Waals surface area contributed by atoms with Gasteiger partial charge in [-0.1, -0.05) is 41.4 Å². The summed E-state index contributed by atoms with van der Waals surface area (Å²) in [7, 11) is 1.69. The van der Waals surface area contributed by atoms with Gasteiger partial charge < -0.3 is 4.74 Å². The Morgan fingerprint density at radius 2 is 1.91 bits per heavy atom. The molecule has 1 nitrogen and oxygen atoms in total. The number of aryl methyl sites for hydroxylation is 1. The zero-order chi connectivity index (χ0) is 15.5. The van der Waals surface area contributed by atoms with E-state index in [-0.39, 0.29) is 0 Å². The fourth-order valence-corrected chi connectivity index (χ4v) is 3.64. The highest BCUT2D eigenvalue weighted by molar-refractivity contribution is 7.15. The largest absolute Gasteiger partial charge is 0.497 e. The molecule has 0 unspecified atom stereocenters. The maximum Gasteiger partial charge on any atom is 0.119 e. The van der Waals surface area contributed by atoms with Crippen molar-refractivity contribution >= 4 is 22.9 Å². The molecular formula is C19H17ClOS. The zero-order valence-electron chi connectivity index (χ0n) is 12.6. The molecule has 22 heavy (non-hydrogen) atoms. The van der Waals surface area contributed by atoms with Gasteiger partial charge in [0, 0.05) is 21.2 Å². The van der Waals surface area contributed by atoms with E-state index >= 15 is 0 Å². The molecule has 112 valence electrons. The Hall–Kier alpha value is -1.77. The van der Waals surface area contributed by atoms with Crippen LogP contribution in [0.25, 0.3) is 10.4 Å². The lowest BCUT2D eigenvalue weighted by Crippen LogP contribution is -1.87. The fourth-order valence-electron chi connectivity index (χ4n) is 2.43. The number of methoxy groups -OCH3 is 1. The normalized spacial score (nSPS) is 10.7. The van der Waals surface area contributed by atoms with Crippen molar-refractivity contribution in [3.8, 4) is 16.2 Å². The Balaban J connectivity index is 1.86. The quantitative estimate of drug-likeness (QED) is 0.572. The van der Waals surface area contributed by atoms with Gasteiger partial charge in [-0.05, 0) is 48.4 Å². The molecule has 1 aromatic heterocycles. The van der Waals surface area contributed by atoms with Crippen molar-refractivity contribution in [2.24, 2.45) is 0 Å². The molecule has 0 saturated heterocycles. The second kappa shape index (κ2) is 6.55. The van der Waals surface area contributed by atoms with Crippen LogP contribution in [0.15, 0.2) is 54.6 Å². The number of hydrogen-bond donors (Lipinski definition) is 0. The summed E-state index contributed by atoms with van der Waals surface area (Å²) < 4.78 is 5.29. The van der Waals surface area contributed by atoms with Gasteiger partial charge >= 0.3 is 0 Å². The Kier molecular flexibility index (Phi) is 4.51. The van der Waals surface area contributed by atoms with Gasteiger partial charge in [-0.15, -0.1) is 11.3 Å². The van der Waals surface area contributed by atoms with Crippen molar-refractivity contribution < 1.29 is 4.74 Å². The molecule has 3 heteroatoms. The lowest BCUT2D eigenvalue weighted by molar-refractivity contribution is 0.415. The van der Waals surface area contributed by atoms with Gasteiger partial charge in [0.2, 0.25) is 0 Å². The molecular weight excluding hydrogens is 312 g/mol. The van der Waals surface area contributed by atoms with E-state index in [9.17, 15) is 0 Å². The molecule has 0 N–H and O–H groups in total. The predicted molar refractivity (Wildman–Crippen MR) is 95.3 cm³/mol. The van der Waals surface area contributed by atoms with Crippen LogP contribution in [0.5, 0.6) is 5.75 Å². The summed E-state index contributed by atoms with van der Waals surface area (Å²) in [5, 5.41) is 0.835. The average molecular weight is 329 g/mol. The van der Waals surface area contributed by atoms with E-state index in [2.05, 4.69) is 37.3 Å². The molecule has 2 aromatic carbocycles. The van der Waals surface area contributed by atoms with Crippen LogP contribution >= 0.6 is 22.9 Å². The summed E-state index contributed by atoms with van der Waals surface area (Å²) in [5.74, 6) is 0.883. The minimum Gasteiger partial charge on any atom is -0.497 e. The Morgan fingerprint density at radius 1 is 1.05 bits per heavy atom. The highest BCUT2D eigenvalue weighted by Crippen LogP contribution is 2.32. The monoisotopic (exact) mass is 328 g/mol. The lowest BCUT2D eigenvalue weighted by atomic mass is 10.1. The van der Waals surface area contributed by atoms with Gasteiger partial charge in [-0.3, -0.25) is 0 Å². The van der Waals surface area contributed by atoms with Crippen molar-refractivity contribution in [2.45, 2.75) is 13.3 Å². The Bertz CT molecular complexity index is 792.